The Morgan fingerprint density at radius 1 is 0.933 bits per heavy atom. The van der Waals surface area contributed by atoms with Crippen LogP contribution in [0.25, 0.3) is 0 Å². The molecule has 0 aliphatic rings. The normalized spacial score (nSPS) is 15.2. The number of hydrogen-bond donors (Lipinski definition) is 2. The molecule has 92 valence electrons. The predicted molar refractivity (Wildman–Crippen MR) is 68.8 cm³/mol. The molecule has 0 aliphatic heterocycles. The Morgan fingerprint density at radius 3 is 1.67 bits per heavy atom. The number of rotatable bonds is 10. The summed E-state index contributed by atoms with van der Waals surface area (Å²) >= 11 is 3.42. The number of thioether (sulfide) groups is 2. The maximum Gasteiger partial charge on any atom is 0.0602 e. The summed E-state index contributed by atoms with van der Waals surface area (Å²) in [5, 5.41) is 18.0. The first-order valence-electron chi connectivity index (χ1n) is 5.22. The molecule has 3 nitrogen and oxygen atoms in total. The maximum atomic E-state index is 8.99. The number of hydrogen-bond acceptors (Lipinski definition) is 5. The van der Waals surface area contributed by atoms with Gasteiger partial charge in [-0.15, -0.1) is 0 Å². The van der Waals surface area contributed by atoms with Gasteiger partial charge in [0.1, 0.15) is 0 Å². The van der Waals surface area contributed by atoms with Gasteiger partial charge < -0.3 is 14.9 Å². The molecular weight excluding hydrogens is 232 g/mol. The van der Waals surface area contributed by atoms with Crippen LogP contribution in [0.2, 0.25) is 0 Å². The van der Waals surface area contributed by atoms with E-state index in [1.54, 1.807) is 37.4 Å². The van der Waals surface area contributed by atoms with E-state index in [0.717, 1.165) is 36.2 Å². The van der Waals surface area contributed by atoms with Crippen molar-refractivity contribution in [3.8, 4) is 0 Å². The summed E-state index contributed by atoms with van der Waals surface area (Å²) in [4.78, 5) is 0. The van der Waals surface area contributed by atoms with Gasteiger partial charge in [0.15, 0.2) is 0 Å². The zero-order chi connectivity index (χ0) is 11.5. The number of ether oxygens (including phenoxy) is 1. The van der Waals surface area contributed by atoms with Gasteiger partial charge in [-0.3, -0.25) is 0 Å². The van der Waals surface area contributed by atoms with Gasteiger partial charge in [0.05, 0.1) is 25.4 Å². The number of aliphatic hydroxyl groups excluding tert-OH is 2. The first kappa shape index (κ1) is 15.6. The maximum absolute atomic E-state index is 8.99. The van der Waals surface area contributed by atoms with Crippen molar-refractivity contribution in [3.63, 3.8) is 0 Å². The molecule has 0 amide bonds. The smallest absolute Gasteiger partial charge is 0.0602 e. The summed E-state index contributed by atoms with van der Waals surface area (Å²) in [6.07, 6.45) is -0.451. The second-order valence-electron chi connectivity index (χ2n) is 3.46. The van der Waals surface area contributed by atoms with Crippen LogP contribution >= 0.6 is 23.5 Å². The molecule has 2 atom stereocenters. The fourth-order valence-electron chi connectivity index (χ4n) is 0.846. The van der Waals surface area contributed by atoms with Gasteiger partial charge in [0, 0.05) is 23.0 Å². The first-order valence-corrected chi connectivity index (χ1v) is 7.53. The minimum atomic E-state index is -0.225. The Hall–Kier alpha value is 0.580. The molecule has 2 unspecified atom stereocenters. The Labute approximate surface area is 101 Å². The highest BCUT2D eigenvalue weighted by atomic mass is 32.2. The summed E-state index contributed by atoms with van der Waals surface area (Å²) in [5.41, 5.74) is 0. The Kier molecular flexibility index (Phi) is 11.5. The minimum absolute atomic E-state index is 0.225. The Bertz CT molecular complexity index is 118. The highest BCUT2D eigenvalue weighted by Gasteiger charge is 1.97. The summed E-state index contributed by atoms with van der Waals surface area (Å²) in [5.74, 6) is 3.43. The van der Waals surface area contributed by atoms with Crippen molar-refractivity contribution in [2.75, 3.05) is 36.2 Å². The molecule has 0 bridgehead atoms. The molecule has 2 N–H and O–H groups in total. The van der Waals surface area contributed by atoms with E-state index in [2.05, 4.69) is 0 Å². The molecule has 5 heteroatoms. The van der Waals surface area contributed by atoms with Crippen LogP contribution in [0.5, 0.6) is 0 Å². The lowest BCUT2D eigenvalue weighted by Crippen LogP contribution is -2.08. The zero-order valence-corrected chi connectivity index (χ0v) is 11.1. The summed E-state index contributed by atoms with van der Waals surface area (Å²) < 4.78 is 5.39. The van der Waals surface area contributed by atoms with E-state index in [4.69, 9.17) is 14.9 Å². The van der Waals surface area contributed by atoms with Crippen molar-refractivity contribution in [1.29, 1.82) is 0 Å². The van der Waals surface area contributed by atoms with Crippen LogP contribution in [0.1, 0.15) is 13.8 Å². The topological polar surface area (TPSA) is 49.7 Å². The van der Waals surface area contributed by atoms with Crippen LogP contribution in [0.3, 0.4) is 0 Å². The van der Waals surface area contributed by atoms with E-state index in [-0.39, 0.29) is 12.2 Å². The average molecular weight is 254 g/mol. The monoisotopic (exact) mass is 254 g/mol. The van der Waals surface area contributed by atoms with E-state index >= 15 is 0 Å². The highest BCUT2D eigenvalue weighted by molar-refractivity contribution is 7.99. The third-order valence-electron chi connectivity index (χ3n) is 1.46. The zero-order valence-electron chi connectivity index (χ0n) is 9.52. The third-order valence-corrected chi connectivity index (χ3v) is 3.81. The molecule has 0 aromatic heterocycles. The standard InChI is InChI=1S/C10H22O3S2/c1-9(11)7-14-5-3-13-4-6-15-8-10(2)12/h9-12H,3-8H2,1-2H3. The van der Waals surface area contributed by atoms with E-state index in [0.29, 0.717) is 0 Å². The molecule has 0 saturated heterocycles. The molecule has 0 aromatic carbocycles. The lowest BCUT2D eigenvalue weighted by Gasteiger charge is -2.06. The first-order chi connectivity index (χ1) is 7.13. The molecule has 0 spiro atoms. The number of aliphatic hydroxyl groups is 2. The fraction of sp³-hybridized carbons (Fsp3) is 1.00. The van der Waals surface area contributed by atoms with E-state index in [1.807, 2.05) is 0 Å². The van der Waals surface area contributed by atoms with Crippen LogP contribution < -0.4 is 0 Å². The van der Waals surface area contributed by atoms with E-state index in [1.165, 1.54) is 0 Å². The van der Waals surface area contributed by atoms with Gasteiger partial charge in [-0.05, 0) is 13.8 Å². The molecule has 0 fully saturated rings. The van der Waals surface area contributed by atoms with Crippen LogP contribution in [-0.4, -0.2) is 58.6 Å². The highest BCUT2D eigenvalue weighted by Crippen LogP contribution is 2.04. The van der Waals surface area contributed by atoms with Crippen molar-refractivity contribution in [2.24, 2.45) is 0 Å². The molecular formula is C10H22O3S2. The quantitative estimate of drug-likeness (QED) is 0.574. The van der Waals surface area contributed by atoms with Gasteiger partial charge in [-0.2, -0.15) is 23.5 Å². The van der Waals surface area contributed by atoms with Gasteiger partial charge in [0.25, 0.3) is 0 Å². The largest absolute Gasteiger partial charge is 0.393 e. The lowest BCUT2D eigenvalue weighted by molar-refractivity contribution is 0.166. The second-order valence-corrected chi connectivity index (χ2v) is 5.76. The van der Waals surface area contributed by atoms with Crippen LogP contribution in [0.15, 0.2) is 0 Å². The molecule has 0 aliphatic carbocycles. The van der Waals surface area contributed by atoms with Gasteiger partial charge >= 0.3 is 0 Å². The van der Waals surface area contributed by atoms with E-state index in [9.17, 15) is 0 Å². The van der Waals surface area contributed by atoms with Crippen LogP contribution in [0, 0.1) is 0 Å². The van der Waals surface area contributed by atoms with Crippen LogP contribution in [-0.2, 0) is 4.74 Å². The Morgan fingerprint density at radius 2 is 1.33 bits per heavy atom. The third kappa shape index (κ3) is 14.6. The Balaban J connectivity index is 2.93. The van der Waals surface area contributed by atoms with Crippen molar-refractivity contribution in [1.82, 2.24) is 0 Å². The minimum Gasteiger partial charge on any atom is -0.393 e. The van der Waals surface area contributed by atoms with Crippen molar-refractivity contribution in [2.45, 2.75) is 26.1 Å². The second kappa shape index (κ2) is 11.1. The SMILES string of the molecule is CC(O)CSCCOCCSCC(C)O. The van der Waals surface area contributed by atoms with Gasteiger partial charge in [-0.25, -0.2) is 0 Å². The summed E-state index contributed by atoms with van der Waals surface area (Å²) in [6.45, 7) is 5.07. The average Bonchev–Trinajstić information content (AvgIpc) is 2.14. The predicted octanol–water partition coefficient (Wildman–Crippen LogP) is 1.23. The van der Waals surface area contributed by atoms with Crippen molar-refractivity contribution >= 4 is 23.5 Å². The van der Waals surface area contributed by atoms with Gasteiger partial charge in [-0.1, -0.05) is 0 Å². The summed E-state index contributed by atoms with van der Waals surface area (Å²) in [7, 11) is 0. The molecule has 0 radical (unpaired) electrons. The molecule has 0 rings (SSSR count). The van der Waals surface area contributed by atoms with Gasteiger partial charge in [0.2, 0.25) is 0 Å². The summed E-state index contributed by atoms with van der Waals surface area (Å²) in [6, 6.07) is 0. The van der Waals surface area contributed by atoms with Crippen LogP contribution in [0.4, 0.5) is 0 Å². The van der Waals surface area contributed by atoms with Crippen molar-refractivity contribution < 1.29 is 14.9 Å². The molecule has 0 aromatic rings. The lowest BCUT2D eigenvalue weighted by atomic mass is 10.5. The van der Waals surface area contributed by atoms with E-state index < -0.39 is 0 Å². The van der Waals surface area contributed by atoms with Crippen molar-refractivity contribution in [3.05, 3.63) is 0 Å². The molecule has 0 saturated carbocycles. The molecule has 15 heavy (non-hydrogen) atoms. The fourth-order valence-corrected chi connectivity index (χ4v) is 2.33. The molecule has 0 heterocycles.